The predicted molar refractivity (Wildman–Crippen MR) is 98.3 cm³/mol. The van der Waals surface area contributed by atoms with Gasteiger partial charge in [-0.2, -0.15) is 5.26 Å². The van der Waals surface area contributed by atoms with Gasteiger partial charge in [-0.05, 0) is 67.9 Å². The lowest BCUT2D eigenvalue weighted by Crippen LogP contribution is -2.13. The topological polar surface area (TPSA) is 23.8 Å². The Morgan fingerprint density at radius 3 is 2.48 bits per heavy atom. The van der Waals surface area contributed by atoms with E-state index < -0.39 is 0 Å². The minimum Gasteiger partial charge on any atom is -0.193 e. The molecule has 1 aromatic carbocycles. The number of nitrogens with zero attached hydrogens (tertiary/aromatic N) is 1. The Hall–Kier alpha value is -1.81. The first-order chi connectivity index (χ1) is 11.3. The molecule has 1 heteroatoms. The highest BCUT2D eigenvalue weighted by molar-refractivity contribution is 5.25. The van der Waals surface area contributed by atoms with Crippen molar-refractivity contribution in [2.45, 2.75) is 64.2 Å². The van der Waals surface area contributed by atoms with Crippen molar-refractivity contribution in [1.29, 1.82) is 5.26 Å². The molecule has 1 aromatic rings. The number of hydrogen-bond donors (Lipinski definition) is 0. The fourth-order valence-corrected chi connectivity index (χ4v) is 3.63. The van der Waals surface area contributed by atoms with Crippen LogP contribution in [0.5, 0.6) is 0 Å². The van der Waals surface area contributed by atoms with Crippen molar-refractivity contribution >= 4 is 0 Å². The van der Waals surface area contributed by atoms with Gasteiger partial charge < -0.3 is 0 Å². The predicted octanol–water partition coefficient (Wildman–Crippen LogP) is 6.33. The molecule has 1 nitrogen and oxygen atoms in total. The van der Waals surface area contributed by atoms with Crippen LogP contribution >= 0.6 is 0 Å². The van der Waals surface area contributed by atoms with Crippen LogP contribution in [0.3, 0.4) is 0 Å². The average molecular weight is 307 g/mol. The number of rotatable bonds is 7. The molecule has 0 atom stereocenters. The van der Waals surface area contributed by atoms with E-state index in [1.807, 2.05) is 18.2 Å². The summed E-state index contributed by atoms with van der Waals surface area (Å²) in [4.78, 5) is 0. The first kappa shape index (κ1) is 17.5. The minimum atomic E-state index is 0.774. The van der Waals surface area contributed by atoms with E-state index in [0.717, 1.165) is 18.3 Å². The van der Waals surface area contributed by atoms with Crippen molar-refractivity contribution in [3.8, 4) is 6.07 Å². The molecule has 0 spiro atoms. The lowest BCUT2D eigenvalue weighted by molar-refractivity contribution is 0.312. The van der Waals surface area contributed by atoms with Gasteiger partial charge in [-0.1, -0.05) is 55.8 Å². The molecule has 1 saturated carbocycles. The maximum absolute atomic E-state index is 8.42. The van der Waals surface area contributed by atoms with Crippen molar-refractivity contribution in [3.05, 3.63) is 59.7 Å². The summed E-state index contributed by atoms with van der Waals surface area (Å²) < 4.78 is 0. The number of hydrogen-bond acceptors (Lipinski definition) is 1. The zero-order chi connectivity index (χ0) is 16.3. The van der Waals surface area contributed by atoms with Crippen LogP contribution in [0.1, 0.15) is 68.9 Å². The second-order valence-corrected chi connectivity index (χ2v) is 6.70. The standard InChI is InChI=1S/C22H29N/c1-2-8-19-10-14-21(15-11-19)22-16-12-20(13-17-22)9-6-4-3-5-7-18-23/h3-5,7,10-11,14-15,20,22H,2,6,8-9,12-13,16-17H2,1H3/t20-,22-. The summed E-state index contributed by atoms with van der Waals surface area (Å²) in [5.41, 5.74) is 3.02. The highest BCUT2D eigenvalue weighted by atomic mass is 14.3. The van der Waals surface area contributed by atoms with Crippen LogP contribution in [-0.4, -0.2) is 0 Å². The van der Waals surface area contributed by atoms with Gasteiger partial charge >= 0.3 is 0 Å². The van der Waals surface area contributed by atoms with Crippen molar-refractivity contribution < 1.29 is 0 Å². The van der Waals surface area contributed by atoms with Crippen LogP contribution in [0.25, 0.3) is 0 Å². The van der Waals surface area contributed by atoms with Gasteiger partial charge in [0.05, 0.1) is 6.07 Å². The Kier molecular flexibility index (Phi) is 7.67. The molecule has 23 heavy (non-hydrogen) atoms. The van der Waals surface area contributed by atoms with Crippen LogP contribution in [0.15, 0.2) is 48.6 Å². The molecule has 122 valence electrons. The molecule has 1 aliphatic carbocycles. The smallest absolute Gasteiger partial charge is 0.0912 e. The van der Waals surface area contributed by atoms with Gasteiger partial charge in [0.25, 0.3) is 0 Å². The largest absolute Gasteiger partial charge is 0.193 e. The zero-order valence-corrected chi connectivity index (χ0v) is 14.4. The quantitative estimate of drug-likeness (QED) is 0.426. The first-order valence-electron chi connectivity index (χ1n) is 9.13. The molecular weight excluding hydrogens is 278 g/mol. The highest BCUT2D eigenvalue weighted by Crippen LogP contribution is 2.37. The lowest BCUT2D eigenvalue weighted by atomic mass is 9.77. The van der Waals surface area contributed by atoms with Crippen molar-refractivity contribution in [3.63, 3.8) is 0 Å². The summed E-state index contributed by atoms with van der Waals surface area (Å²) >= 11 is 0. The maximum atomic E-state index is 8.42. The maximum Gasteiger partial charge on any atom is 0.0912 e. The summed E-state index contributed by atoms with van der Waals surface area (Å²) in [6.45, 7) is 2.24. The second kappa shape index (κ2) is 10.1. The van der Waals surface area contributed by atoms with Gasteiger partial charge in [0, 0.05) is 6.08 Å². The van der Waals surface area contributed by atoms with E-state index in [2.05, 4.69) is 37.3 Å². The average Bonchev–Trinajstić information content (AvgIpc) is 2.60. The molecule has 0 unspecified atom stereocenters. The SMILES string of the molecule is CCCc1ccc([C@H]2CC[C@H](CCC=CC=CC#N)CC2)cc1. The van der Waals surface area contributed by atoms with Crippen LogP contribution in [-0.2, 0) is 6.42 Å². The summed E-state index contributed by atoms with van der Waals surface area (Å²) in [5, 5.41) is 8.42. The summed E-state index contributed by atoms with van der Waals surface area (Å²) in [5.74, 6) is 1.66. The Morgan fingerprint density at radius 1 is 1.09 bits per heavy atom. The van der Waals surface area contributed by atoms with E-state index in [-0.39, 0.29) is 0 Å². The fourth-order valence-electron chi connectivity index (χ4n) is 3.63. The van der Waals surface area contributed by atoms with Crippen molar-refractivity contribution in [2.24, 2.45) is 5.92 Å². The van der Waals surface area contributed by atoms with Crippen LogP contribution < -0.4 is 0 Å². The third-order valence-electron chi connectivity index (χ3n) is 5.00. The lowest BCUT2D eigenvalue weighted by Gasteiger charge is -2.28. The van der Waals surface area contributed by atoms with Gasteiger partial charge in [0.2, 0.25) is 0 Å². The number of aryl methyl sites for hydroxylation is 1. The van der Waals surface area contributed by atoms with Gasteiger partial charge in [-0.3, -0.25) is 0 Å². The molecule has 0 N–H and O–H groups in total. The van der Waals surface area contributed by atoms with Crippen molar-refractivity contribution in [2.75, 3.05) is 0 Å². The molecule has 0 aliphatic heterocycles. The van der Waals surface area contributed by atoms with E-state index >= 15 is 0 Å². The Labute approximate surface area is 141 Å². The van der Waals surface area contributed by atoms with Gasteiger partial charge in [0.15, 0.2) is 0 Å². The van der Waals surface area contributed by atoms with Crippen LogP contribution in [0, 0.1) is 17.2 Å². The normalized spacial score (nSPS) is 21.7. The van der Waals surface area contributed by atoms with Gasteiger partial charge in [-0.25, -0.2) is 0 Å². The van der Waals surface area contributed by atoms with Gasteiger partial charge in [-0.15, -0.1) is 0 Å². The fraction of sp³-hybridized carbons (Fsp3) is 0.500. The Morgan fingerprint density at radius 2 is 1.83 bits per heavy atom. The van der Waals surface area contributed by atoms with Crippen molar-refractivity contribution in [1.82, 2.24) is 0 Å². The molecule has 0 heterocycles. The second-order valence-electron chi connectivity index (χ2n) is 6.70. The summed E-state index contributed by atoms with van der Waals surface area (Å²) in [6, 6.07) is 11.4. The zero-order valence-electron chi connectivity index (χ0n) is 14.4. The summed E-state index contributed by atoms with van der Waals surface area (Å²) in [6.07, 6.45) is 17.8. The van der Waals surface area contributed by atoms with Crippen LogP contribution in [0.2, 0.25) is 0 Å². The van der Waals surface area contributed by atoms with E-state index in [4.69, 9.17) is 5.26 Å². The number of allylic oxidation sites excluding steroid dienone is 4. The first-order valence-corrected chi connectivity index (χ1v) is 9.13. The van der Waals surface area contributed by atoms with Gasteiger partial charge in [0.1, 0.15) is 0 Å². The molecule has 0 saturated heterocycles. The monoisotopic (exact) mass is 307 g/mol. The Bertz CT molecular complexity index is 536. The van der Waals surface area contributed by atoms with E-state index in [1.165, 1.54) is 56.6 Å². The van der Waals surface area contributed by atoms with Crippen LogP contribution in [0.4, 0.5) is 0 Å². The molecule has 0 aromatic heterocycles. The molecule has 0 amide bonds. The molecule has 2 rings (SSSR count). The van der Waals surface area contributed by atoms with E-state index in [1.54, 1.807) is 5.56 Å². The third kappa shape index (κ3) is 6.06. The number of benzene rings is 1. The minimum absolute atomic E-state index is 0.774. The Balaban J connectivity index is 1.72. The number of nitriles is 1. The molecule has 1 aliphatic rings. The van der Waals surface area contributed by atoms with E-state index in [9.17, 15) is 0 Å². The third-order valence-corrected chi connectivity index (χ3v) is 5.00. The molecule has 0 bridgehead atoms. The summed E-state index contributed by atoms with van der Waals surface area (Å²) in [7, 11) is 0. The molecule has 0 radical (unpaired) electrons. The highest BCUT2D eigenvalue weighted by Gasteiger charge is 2.21. The van der Waals surface area contributed by atoms with E-state index in [0.29, 0.717) is 0 Å². The molecular formula is C22H29N. The molecule has 1 fully saturated rings.